The summed E-state index contributed by atoms with van der Waals surface area (Å²) in [6.45, 7) is 9.69. The minimum absolute atomic E-state index is 0.159. The standard InChI is InChI=1S/C15H28N2O2/c1-11(16-13-5-6-13)12-7-9-17(10-8-12)14(18)19-15(2,3)4/h11-13,16H,5-10H2,1-4H3/t11-/m1/s1. The summed E-state index contributed by atoms with van der Waals surface area (Å²) in [7, 11) is 0. The van der Waals surface area contributed by atoms with Gasteiger partial charge in [0.05, 0.1) is 0 Å². The molecule has 0 aromatic heterocycles. The first-order valence-corrected chi connectivity index (χ1v) is 7.59. The Morgan fingerprint density at radius 2 is 1.79 bits per heavy atom. The summed E-state index contributed by atoms with van der Waals surface area (Å²) in [5.41, 5.74) is -0.394. The van der Waals surface area contributed by atoms with E-state index in [4.69, 9.17) is 4.74 Å². The van der Waals surface area contributed by atoms with Crippen molar-refractivity contribution in [3.8, 4) is 0 Å². The molecule has 0 unspecified atom stereocenters. The fraction of sp³-hybridized carbons (Fsp3) is 0.933. The van der Waals surface area contributed by atoms with E-state index in [9.17, 15) is 4.79 Å². The van der Waals surface area contributed by atoms with Crippen LogP contribution in [0.4, 0.5) is 4.79 Å². The fourth-order valence-electron chi connectivity index (χ4n) is 2.67. The molecule has 4 nitrogen and oxygen atoms in total. The summed E-state index contributed by atoms with van der Waals surface area (Å²) in [4.78, 5) is 13.8. The lowest BCUT2D eigenvalue weighted by atomic mass is 9.90. The zero-order valence-corrected chi connectivity index (χ0v) is 12.7. The van der Waals surface area contributed by atoms with Crippen molar-refractivity contribution in [2.45, 2.75) is 71.1 Å². The van der Waals surface area contributed by atoms with Gasteiger partial charge >= 0.3 is 6.09 Å². The normalized spacial score (nSPS) is 23.3. The second-order valence-corrected chi connectivity index (χ2v) is 7.03. The molecule has 1 amide bonds. The molecular weight excluding hydrogens is 240 g/mol. The first kappa shape index (κ1) is 14.6. The molecule has 1 heterocycles. The molecule has 0 radical (unpaired) electrons. The Kier molecular flexibility index (Phi) is 4.39. The van der Waals surface area contributed by atoms with E-state index in [1.54, 1.807) is 0 Å². The number of nitrogens with zero attached hydrogens (tertiary/aromatic N) is 1. The number of hydrogen-bond acceptors (Lipinski definition) is 3. The molecule has 4 heteroatoms. The largest absolute Gasteiger partial charge is 0.444 e. The van der Waals surface area contributed by atoms with Crippen LogP contribution < -0.4 is 5.32 Å². The van der Waals surface area contributed by atoms with Crippen LogP contribution in [0.3, 0.4) is 0 Å². The molecule has 1 N–H and O–H groups in total. The number of likely N-dealkylation sites (tertiary alicyclic amines) is 1. The van der Waals surface area contributed by atoms with Gasteiger partial charge in [-0.1, -0.05) is 0 Å². The lowest BCUT2D eigenvalue weighted by Crippen LogP contribution is -2.46. The predicted molar refractivity (Wildman–Crippen MR) is 76.2 cm³/mol. The van der Waals surface area contributed by atoms with E-state index < -0.39 is 5.60 Å². The van der Waals surface area contributed by atoms with E-state index in [0.29, 0.717) is 12.0 Å². The van der Waals surface area contributed by atoms with E-state index in [0.717, 1.165) is 32.0 Å². The molecule has 0 spiro atoms. The van der Waals surface area contributed by atoms with Crippen molar-refractivity contribution in [2.75, 3.05) is 13.1 Å². The number of carbonyl (C=O) groups is 1. The van der Waals surface area contributed by atoms with Crippen LogP contribution in [0.1, 0.15) is 53.4 Å². The van der Waals surface area contributed by atoms with Crippen molar-refractivity contribution in [1.82, 2.24) is 10.2 Å². The average Bonchev–Trinajstić information content (AvgIpc) is 3.11. The highest BCUT2D eigenvalue weighted by Crippen LogP contribution is 2.26. The van der Waals surface area contributed by atoms with Crippen molar-refractivity contribution in [3.63, 3.8) is 0 Å². The summed E-state index contributed by atoms with van der Waals surface area (Å²) in [6, 6.07) is 1.34. The average molecular weight is 268 g/mol. The Hall–Kier alpha value is -0.770. The van der Waals surface area contributed by atoms with Gasteiger partial charge in [-0.3, -0.25) is 0 Å². The molecule has 1 aliphatic heterocycles. The molecule has 0 aromatic rings. The van der Waals surface area contributed by atoms with Gasteiger partial charge in [0.2, 0.25) is 0 Å². The Bertz CT molecular complexity index is 313. The van der Waals surface area contributed by atoms with Gasteiger partial charge in [0, 0.05) is 25.2 Å². The third kappa shape index (κ3) is 4.68. The van der Waals surface area contributed by atoms with Gasteiger partial charge in [0.15, 0.2) is 0 Å². The van der Waals surface area contributed by atoms with Gasteiger partial charge in [0.25, 0.3) is 0 Å². The van der Waals surface area contributed by atoms with Crippen LogP contribution >= 0.6 is 0 Å². The maximum absolute atomic E-state index is 12.0. The molecule has 1 atom stereocenters. The molecule has 1 saturated heterocycles. The summed E-state index contributed by atoms with van der Waals surface area (Å²) in [5.74, 6) is 0.694. The zero-order valence-electron chi connectivity index (χ0n) is 12.7. The van der Waals surface area contributed by atoms with Crippen LogP contribution in [-0.2, 0) is 4.74 Å². The number of carbonyl (C=O) groups excluding carboxylic acids is 1. The predicted octanol–water partition coefficient (Wildman–Crippen LogP) is 2.77. The molecule has 2 fully saturated rings. The van der Waals surface area contributed by atoms with Crippen LogP contribution in [0.15, 0.2) is 0 Å². The van der Waals surface area contributed by atoms with Gasteiger partial charge < -0.3 is 15.0 Å². The molecule has 0 aromatic carbocycles. The number of piperidine rings is 1. The Labute approximate surface area is 116 Å². The van der Waals surface area contributed by atoms with E-state index in [1.165, 1.54) is 12.8 Å². The highest BCUT2D eigenvalue weighted by Gasteiger charge is 2.31. The Morgan fingerprint density at radius 3 is 2.26 bits per heavy atom. The van der Waals surface area contributed by atoms with Gasteiger partial charge in [0.1, 0.15) is 5.60 Å². The fourth-order valence-corrected chi connectivity index (χ4v) is 2.67. The number of amides is 1. The molecule has 1 saturated carbocycles. The van der Waals surface area contributed by atoms with Gasteiger partial charge in [-0.15, -0.1) is 0 Å². The van der Waals surface area contributed by atoms with E-state index in [-0.39, 0.29) is 6.09 Å². The minimum Gasteiger partial charge on any atom is -0.444 e. The Balaban J connectivity index is 1.73. The zero-order chi connectivity index (χ0) is 14.0. The SMILES string of the molecule is C[C@@H](NC1CC1)C1CCN(C(=O)OC(C)(C)C)CC1. The first-order valence-electron chi connectivity index (χ1n) is 7.59. The smallest absolute Gasteiger partial charge is 0.410 e. The van der Waals surface area contributed by atoms with Gasteiger partial charge in [-0.2, -0.15) is 0 Å². The van der Waals surface area contributed by atoms with Gasteiger partial charge in [-0.25, -0.2) is 4.79 Å². The summed E-state index contributed by atoms with van der Waals surface area (Å²) in [5, 5.41) is 3.67. The van der Waals surface area contributed by atoms with E-state index >= 15 is 0 Å². The summed E-state index contributed by atoms with van der Waals surface area (Å²) < 4.78 is 5.42. The van der Waals surface area contributed by atoms with Crippen LogP contribution in [0.2, 0.25) is 0 Å². The molecule has 2 aliphatic rings. The molecule has 1 aliphatic carbocycles. The lowest BCUT2D eigenvalue weighted by molar-refractivity contribution is 0.0171. The lowest BCUT2D eigenvalue weighted by Gasteiger charge is -2.36. The van der Waals surface area contributed by atoms with Crippen molar-refractivity contribution in [3.05, 3.63) is 0 Å². The van der Waals surface area contributed by atoms with Crippen molar-refractivity contribution >= 4 is 6.09 Å². The number of rotatable bonds is 3. The maximum Gasteiger partial charge on any atom is 0.410 e. The van der Waals surface area contributed by atoms with Crippen LogP contribution in [0.25, 0.3) is 0 Å². The first-order chi connectivity index (χ1) is 8.85. The second kappa shape index (κ2) is 5.70. The molecule has 0 bridgehead atoms. The van der Waals surface area contributed by atoms with E-state index in [1.807, 2.05) is 25.7 Å². The molecular formula is C15H28N2O2. The molecule has 2 rings (SSSR count). The van der Waals surface area contributed by atoms with Crippen molar-refractivity contribution in [1.29, 1.82) is 0 Å². The topological polar surface area (TPSA) is 41.6 Å². The third-order valence-corrected chi connectivity index (χ3v) is 3.97. The molecule has 19 heavy (non-hydrogen) atoms. The van der Waals surface area contributed by atoms with Crippen LogP contribution in [-0.4, -0.2) is 41.8 Å². The summed E-state index contributed by atoms with van der Waals surface area (Å²) in [6.07, 6.45) is 4.68. The second-order valence-electron chi connectivity index (χ2n) is 7.03. The summed E-state index contributed by atoms with van der Waals surface area (Å²) >= 11 is 0. The highest BCUT2D eigenvalue weighted by atomic mass is 16.6. The van der Waals surface area contributed by atoms with Gasteiger partial charge in [-0.05, 0) is 59.3 Å². The van der Waals surface area contributed by atoms with Crippen molar-refractivity contribution < 1.29 is 9.53 Å². The van der Waals surface area contributed by atoms with E-state index in [2.05, 4.69) is 12.2 Å². The quantitative estimate of drug-likeness (QED) is 0.855. The maximum atomic E-state index is 12.0. The number of ether oxygens (including phenoxy) is 1. The number of hydrogen-bond donors (Lipinski definition) is 1. The third-order valence-electron chi connectivity index (χ3n) is 3.97. The molecule has 110 valence electrons. The van der Waals surface area contributed by atoms with Crippen LogP contribution in [0, 0.1) is 5.92 Å². The van der Waals surface area contributed by atoms with Crippen LogP contribution in [0.5, 0.6) is 0 Å². The van der Waals surface area contributed by atoms with Crippen molar-refractivity contribution in [2.24, 2.45) is 5.92 Å². The minimum atomic E-state index is -0.394. The Morgan fingerprint density at radius 1 is 1.21 bits per heavy atom. The monoisotopic (exact) mass is 268 g/mol. The highest BCUT2D eigenvalue weighted by molar-refractivity contribution is 5.68. The number of nitrogens with one attached hydrogen (secondary N) is 1.